The molecule has 2 aromatic heterocycles. The van der Waals surface area contributed by atoms with Crippen molar-refractivity contribution >= 4 is 11.6 Å². The molecule has 0 unspecified atom stereocenters. The van der Waals surface area contributed by atoms with E-state index in [1.54, 1.807) is 0 Å². The van der Waals surface area contributed by atoms with Crippen molar-refractivity contribution in [2.45, 2.75) is 19.0 Å². The number of amides is 1. The first-order valence-corrected chi connectivity index (χ1v) is 8.07. The number of halogens is 4. The first-order chi connectivity index (χ1) is 12.3. The van der Waals surface area contributed by atoms with Crippen LogP contribution in [0.15, 0.2) is 30.7 Å². The van der Waals surface area contributed by atoms with Gasteiger partial charge < -0.3 is 5.32 Å². The summed E-state index contributed by atoms with van der Waals surface area (Å²) in [6.07, 6.45) is 0.695. The molecule has 1 amide bonds. The summed E-state index contributed by atoms with van der Waals surface area (Å²) in [5, 5.41) is 6.64. The van der Waals surface area contributed by atoms with Crippen molar-refractivity contribution in [2.75, 3.05) is 25.0 Å². The normalized spacial score (nSPS) is 16.6. The Hall–Kier alpha value is -2.49. The molecule has 0 radical (unpaired) electrons. The molecular weight excluding hydrogens is 354 g/mol. The topological polar surface area (TPSA) is 63.1 Å². The van der Waals surface area contributed by atoms with Crippen LogP contribution in [0.2, 0.25) is 0 Å². The van der Waals surface area contributed by atoms with E-state index in [1.165, 1.54) is 40.3 Å². The summed E-state index contributed by atoms with van der Waals surface area (Å²) in [5.41, 5.74) is 0.373. The number of carbonyl (C=O) groups excluding carboxylic acids is 1. The standard InChI is InChI=1S/C16H17F4N5O/c17-13-2-1-5-21-14(13)25-9-12(8-22-25)23-15(26)11-3-6-24(7-4-11)10-16(18,19)20/h1-2,5,8-9,11H,3-4,6-7,10H2,(H,23,26). The first-order valence-electron chi connectivity index (χ1n) is 8.07. The van der Waals surface area contributed by atoms with Crippen molar-refractivity contribution in [3.05, 3.63) is 36.5 Å². The van der Waals surface area contributed by atoms with E-state index in [0.29, 0.717) is 18.5 Å². The molecule has 2 aromatic rings. The predicted octanol–water partition coefficient (Wildman–Crippen LogP) is 2.62. The second kappa shape index (κ2) is 7.40. The van der Waals surface area contributed by atoms with Gasteiger partial charge in [-0.1, -0.05) is 0 Å². The van der Waals surface area contributed by atoms with Crippen molar-refractivity contribution in [1.82, 2.24) is 19.7 Å². The fraction of sp³-hybridized carbons (Fsp3) is 0.438. The predicted molar refractivity (Wildman–Crippen MR) is 85.2 cm³/mol. The second-order valence-electron chi connectivity index (χ2n) is 6.14. The number of anilines is 1. The van der Waals surface area contributed by atoms with Crippen LogP contribution in [-0.4, -0.2) is 51.4 Å². The zero-order valence-corrected chi connectivity index (χ0v) is 13.7. The maximum atomic E-state index is 13.7. The molecule has 0 spiro atoms. The van der Waals surface area contributed by atoms with Crippen LogP contribution in [0.5, 0.6) is 0 Å². The zero-order chi connectivity index (χ0) is 18.7. The number of likely N-dealkylation sites (tertiary alicyclic amines) is 1. The molecule has 1 aliphatic rings. The molecule has 6 nitrogen and oxygen atoms in total. The Bertz CT molecular complexity index is 768. The molecule has 1 N–H and O–H groups in total. The SMILES string of the molecule is O=C(Nc1cnn(-c2ncccc2F)c1)C1CCN(CC(F)(F)F)CC1. The Morgan fingerprint density at radius 2 is 2.04 bits per heavy atom. The fourth-order valence-corrected chi connectivity index (χ4v) is 2.90. The quantitative estimate of drug-likeness (QED) is 0.840. The summed E-state index contributed by atoms with van der Waals surface area (Å²) in [5.74, 6) is -1.19. The molecule has 10 heteroatoms. The van der Waals surface area contributed by atoms with Gasteiger partial charge in [0.05, 0.1) is 24.6 Å². The van der Waals surface area contributed by atoms with Crippen LogP contribution >= 0.6 is 0 Å². The van der Waals surface area contributed by atoms with Gasteiger partial charge in [-0.05, 0) is 38.1 Å². The van der Waals surface area contributed by atoms with Crippen LogP contribution in [0.3, 0.4) is 0 Å². The van der Waals surface area contributed by atoms with Crippen LogP contribution in [0.1, 0.15) is 12.8 Å². The fourth-order valence-electron chi connectivity index (χ4n) is 2.90. The number of pyridine rings is 1. The molecule has 0 aromatic carbocycles. The zero-order valence-electron chi connectivity index (χ0n) is 13.7. The Labute approximate surface area is 146 Å². The monoisotopic (exact) mass is 371 g/mol. The van der Waals surface area contributed by atoms with Gasteiger partial charge >= 0.3 is 6.18 Å². The lowest BCUT2D eigenvalue weighted by Gasteiger charge is -2.31. The molecule has 1 fully saturated rings. The van der Waals surface area contributed by atoms with Gasteiger partial charge in [-0.25, -0.2) is 14.1 Å². The van der Waals surface area contributed by atoms with E-state index in [9.17, 15) is 22.4 Å². The highest BCUT2D eigenvalue weighted by Gasteiger charge is 2.33. The van der Waals surface area contributed by atoms with E-state index in [0.717, 1.165) is 0 Å². The smallest absolute Gasteiger partial charge is 0.323 e. The number of aromatic nitrogens is 3. The molecule has 0 bridgehead atoms. The van der Waals surface area contributed by atoms with Gasteiger partial charge in [0.25, 0.3) is 0 Å². The molecule has 140 valence electrons. The number of alkyl halides is 3. The summed E-state index contributed by atoms with van der Waals surface area (Å²) in [6.45, 7) is -0.518. The van der Waals surface area contributed by atoms with Gasteiger partial charge in [0.2, 0.25) is 5.91 Å². The van der Waals surface area contributed by atoms with Crippen molar-refractivity contribution in [1.29, 1.82) is 0 Å². The highest BCUT2D eigenvalue weighted by atomic mass is 19.4. The minimum Gasteiger partial charge on any atom is -0.323 e. The lowest BCUT2D eigenvalue weighted by atomic mass is 9.96. The van der Waals surface area contributed by atoms with Crippen LogP contribution in [0.4, 0.5) is 23.2 Å². The van der Waals surface area contributed by atoms with E-state index in [1.807, 2.05) is 0 Å². The van der Waals surface area contributed by atoms with E-state index >= 15 is 0 Å². The largest absolute Gasteiger partial charge is 0.401 e. The number of nitrogens with one attached hydrogen (secondary N) is 1. The van der Waals surface area contributed by atoms with E-state index in [2.05, 4.69) is 15.4 Å². The molecule has 26 heavy (non-hydrogen) atoms. The third-order valence-corrected chi connectivity index (χ3v) is 4.17. The summed E-state index contributed by atoms with van der Waals surface area (Å²) in [6, 6.07) is 2.70. The number of hydrogen-bond acceptors (Lipinski definition) is 4. The molecule has 1 aliphatic heterocycles. The Kier molecular flexibility index (Phi) is 5.21. The van der Waals surface area contributed by atoms with Crippen molar-refractivity contribution in [3.63, 3.8) is 0 Å². The molecule has 0 aliphatic carbocycles. The number of piperidine rings is 1. The average molecular weight is 371 g/mol. The van der Waals surface area contributed by atoms with Crippen LogP contribution in [-0.2, 0) is 4.79 Å². The Morgan fingerprint density at radius 3 is 2.69 bits per heavy atom. The first kappa shape index (κ1) is 18.3. The Morgan fingerprint density at radius 1 is 1.31 bits per heavy atom. The van der Waals surface area contributed by atoms with Gasteiger partial charge in [0, 0.05) is 12.1 Å². The maximum absolute atomic E-state index is 13.7. The maximum Gasteiger partial charge on any atom is 0.401 e. The van der Waals surface area contributed by atoms with E-state index in [-0.39, 0.29) is 30.7 Å². The number of hydrogen-bond donors (Lipinski definition) is 1. The summed E-state index contributed by atoms with van der Waals surface area (Å²) in [4.78, 5) is 17.5. The molecular formula is C16H17F4N5O. The second-order valence-corrected chi connectivity index (χ2v) is 6.14. The van der Waals surface area contributed by atoms with Gasteiger partial charge in [-0.2, -0.15) is 18.3 Å². The third kappa shape index (κ3) is 4.57. The van der Waals surface area contributed by atoms with Crippen molar-refractivity contribution in [2.24, 2.45) is 5.92 Å². The lowest BCUT2D eigenvalue weighted by Crippen LogP contribution is -2.42. The van der Waals surface area contributed by atoms with Gasteiger partial charge in [0.15, 0.2) is 11.6 Å². The summed E-state index contributed by atoms with van der Waals surface area (Å²) in [7, 11) is 0. The lowest BCUT2D eigenvalue weighted by molar-refractivity contribution is -0.149. The van der Waals surface area contributed by atoms with Gasteiger partial charge in [-0.3, -0.25) is 9.69 Å². The minimum atomic E-state index is -4.23. The highest BCUT2D eigenvalue weighted by molar-refractivity contribution is 5.92. The summed E-state index contributed by atoms with van der Waals surface area (Å²) < 4.78 is 52.1. The van der Waals surface area contributed by atoms with Crippen molar-refractivity contribution in [3.8, 4) is 5.82 Å². The number of rotatable bonds is 4. The van der Waals surface area contributed by atoms with Crippen molar-refractivity contribution < 1.29 is 22.4 Å². The van der Waals surface area contributed by atoms with Gasteiger partial charge in [0.1, 0.15) is 0 Å². The average Bonchev–Trinajstić information content (AvgIpc) is 3.02. The van der Waals surface area contributed by atoms with Crippen LogP contribution in [0.25, 0.3) is 5.82 Å². The molecule has 3 heterocycles. The Balaban J connectivity index is 1.56. The highest BCUT2D eigenvalue weighted by Crippen LogP contribution is 2.23. The van der Waals surface area contributed by atoms with Crippen LogP contribution < -0.4 is 5.32 Å². The van der Waals surface area contributed by atoms with E-state index in [4.69, 9.17) is 0 Å². The molecule has 1 saturated heterocycles. The molecule has 3 rings (SSSR count). The van der Waals surface area contributed by atoms with Crippen LogP contribution in [0, 0.1) is 11.7 Å². The number of carbonyl (C=O) groups is 1. The van der Waals surface area contributed by atoms with E-state index < -0.39 is 18.5 Å². The number of nitrogens with zero attached hydrogens (tertiary/aromatic N) is 4. The van der Waals surface area contributed by atoms with Gasteiger partial charge in [-0.15, -0.1) is 0 Å². The molecule has 0 saturated carbocycles. The summed E-state index contributed by atoms with van der Waals surface area (Å²) >= 11 is 0. The molecule has 0 atom stereocenters. The third-order valence-electron chi connectivity index (χ3n) is 4.17. The minimum absolute atomic E-state index is 0.00783.